The van der Waals surface area contributed by atoms with Crippen molar-refractivity contribution in [1.82, 2.24) is 15.0 Å². The van der Waals surface area contributed by atoms with Gasteiger partial charge in [-0.2, -0.15) is 0 Å². The molecule has 0 amide bonds. The highest BCUT2D eigenvalue weighted by atomic mass is 127. The van der Waals surface area contributed by atoms with Crippen molar-refractivity contribution in [3.8, 4) is 11.5 Å². The zero-order valence-corrected chi connectivity index (χ0v) is 15.2. The zero-order chi connectivity index (χ0) is 14.9. The molecule has 0 aromatic carbocycles. The fourth-order valence-electron chi connectivity index (χ4n) is 1.67. The molecule has 20 heavy (non-hydrogen) atoms. The largest absolute Gasteiger partial charge is 0.250 e. The molecule has 7 heteroatoms. The van der Waals surface area contributed by atoms with Crippen LogP contribution >= 0.6 is 57.4 Å². The summed E-state index contributed by atoms with van der Waals surface area (Å²) in [4.78, 5) is 13.0. The van der Waals surface area contributed by atoms with E-state index in [4.69, 9.17) is 34.8 Å². The summed E-state index contributed by atoms with van der Waals surface area (Å²) < 4.78 is 0.867. The first-order valence-electron chi connectivity index (χ1n) is 5.91. The smallest absolute Gasteiger partial charge is 0.181 e. The van der Waals surface area contributed by atoms with Crippen LogP contribution in [0.4, 0.5) is 0 Å². The number of hydrogen-bond donors (Lipinski definition) is 0. The van der Waals surface area contributed by atoms with Crippen LogP contribution in [0.2, 0.25) is 15.2 Å². The van der Waals surface area contributed by atoms with E-state index in [1.807, 2.05) is 0 Å². The van der Waals surface area contributed by atoms with Crippen LogP contribution in [0.25, 0.3) is 11.5 Å². The summed E-state index contributed by atoms with van der Waals surface area (Å²) in [6.07, 6.45) is 2.33. The highest BCUT2D eigenvalue weighted by Gasteiger charge is 2.16. The molecule has 2 aromatic rings. The number of hydrogen-bond acceptors (Lipinski definition) is 3. The van der Waals surface area contributed by atoms with Crippen LogP contribution in [0.5, 0.6) is 0 Å². The summed E-state index contributed by atoms with van der Waals surface area (Å²) in [6.45, 7) is 4.25. The molecule has 0 fully saturated rings. The van der Waals surface area contributed by atoms with Crippen LogP contribution in [0, 0.1) is 9.49 Å². The highest BCUT2D eigenvalue weighted by Crippen LogP contribution is 2.29. The fraction of sp³-hybridized carbons (Fsp3) is 0.308. The third-order valence-electron chi connectivity index (χ3n) is 2.50. The van der Waals surface area contributed by atoms with Crippen molar-refractivity contribution >= 4 is 57.4 Å². The van der Waals surface area contributed by atoms with Gasteiger partial charge >= 0.3 is 0 Å². The molecular formula is C13H11Cl3IN3. The minimum Gasteiger partial charge on any atom is -0.250 e. The third-order valence-corrected chi connectivity index (χ3v) is 4.72. The van der Waals surface area contributed by atoms with Gasteiger partial charge in [0, 0.05) is 6.20 Å². The first kappa shape index (κ1) is 16.2. The van der Waals surface area contributed by atoms with E-state index in [1.54, 1.807) is 6.07 Å². The number of nitrogens with zero attached hydrogens (tertiary/aromatic N) is 3. The SMILES string of the molecule is CC(C)Cc1nc(-c2ncc(Cl)cc2Cl)nc(Cl)c1I. The molecule has 0 aliphatic carbocycles. The minimum absolute atomic E-state index is 0.408. The Hall–Kier alpha value is -0.170. The Morgan fingerprint density at radius 1 is 1.20 bits per heavy atom. The Morgan fingerprint density at radius 2 is 1.90 bits per heavy atom. The van der Waals surface area contributed by atoms with Crippen molar-refractivity contribution in [2.75, 3.05) is 0 Å². The second kappa shape index (κ2) is 6.73. The lowest BCUT2D eigenvalue weighted by Gasteiger charge is -2.10. The molecular weight excluding hydrogens is 431 g/mol. The lowest BCUT2D eigenvalue weighted by molar-refractivity contribution is 0.632. The van der Waals surface area contributed by atoms with Gasteiger partial charge in [-0.3, -0.25) is 0 Å². The van der Waals surface area contributed by atoms with Crippen molar-refractivity contribution in [2.24, 2.45) is 5.92 Å². The number of halogens is 4. The van der Waals surface area contributed by atoms with E-state index in [0.717, 1.165) is 15.7 Å². The van der Waals surface area contributed by atoms with Gasteiger partial charge in [-0.25, -0.2) is 15.0 Å². The standard InChI is InChI=1S/C13H11Cl3IN3/c1-6(2)3-9-10(17)12(16)20-13(19-9)11-8(15)4-7(14)5-18-11/h4-6H,3H2,1-2H3. The van der Waals surface area contributed by atoms with Crippen molar-refractivity contribution in [3.05, 3.63) is 36.7 Å². The average Bonchev–Trinajstić information content (AvgIpc) is 2.34. The Kier molecular flexibility index (Phi) is 5.45. The van der Waals surface area contributed by atoms with E-state index >= 15 is 0 Å². The van der Waals surface area contributed by atoms with Crippen molar-refractivity contribution < 1.29 is 0 Å². The van der Waals surface area contributed by atoms with E-state index in [0.29, 0.717) is 32.6 Å². The first-order valence-corrected chi connectivity index (χ1v) is 8.13. The molecule has 2 aromatic heterocycles. The molecule has 0 radical (unpaired) electrons. The van der Waals surface area contributed by atoms with E-state index in [2.05, 4.69) is 51.4 Å². The van der Waals surface area contributed by atoms with Crippen molar-refractivity contribution in [2.45, 2.75) is 20.3 Å². The predicted octanol–water partition coefficient (Wildman–Crippen LogP) is 5.30. The molecule has 0 aliphatic rings. The topological polar surface area (TPSA) is 38.7 Å². The van der Waals surface area contributed by atoms with Crippen molar-refractivity contribution in [3.63, 3.8) is 0 Å². The number of rotatable bonds is 3. The molecule has 0 spiro atoms. The number of pyridine rings is 1. The average molecular weight is 443 g/mol. The highest BCUT2D eigenvalue weighted by molar-refractivity contribution is 14.1. The molecule has 0 saturated carbocycles. The maximum absolute atomic E-state index is 6.18. The predicted molar refractivity (Wildman–Crippen MR) is 91.6 cm³/mol. The molecule has 0 atom stereocenters. The summed E-state index contributed by atoms with van der Waals surface area (Å²) in [5.74, 6) is 0.892. The normalized spacial score (nSPS) is 11.2. The molecule has 106 valence electrons. The zero-order valence-electron chi connectivity index (χ0n) is 10.8. The number of aromatic nitrogens is 3. The lowest BCUT2D eigenvalue weighted by Crippen LogP contribution is -2.05. The Labute approximate surface area is 146 Å². The molecule has 0 N–H and O–H groups in total. The molecule has 2 heterocycles. The second-order valence-corrected chi connectivity index (χ2v) is 6.96. The van der Waals surface area contributed by atoms with Gasteiger partial charge in [0.15, 0.2) is 5.82 Å². The maximum atomic E-state index is 6.18. The van der Waals surface area contributed by atoms with Crippen LogP contribution in [0.3, 0.4) is 0 Å². The van der Waals surface area contributed by atoms with E-state index in [-0.39, 0.29) is 0 Å². The second-order valence-electron chi connectivity index (χ2n) is 4.68. The van der Waals surface area contributed by atoms with Gasteiger partial charge < -0.3 is 0 Å². The van der Waals surface area contributed by atoms with Crippen LogP contribution in [-0.4, -0.2) is 15.0 Å². The van der Waals surface area contributed by atoms with E-state index in [1.165, 1.54) is 6.20 Å². The summed E-state index contributed by atoms with van der Waals surface area (Å²) in [6, 6.07) is 1.61. The van der Waals surface area contributed by atoms with Crippen molar-refractivity contribution in [1.29, 1.82) is 0 Å². The summed E-state index contributed by atoms with van der Waals surface area (Å²) >= 11 is 20.3. The molecule has 2 rings (SSSR count). The van der Waals surface area contributed by atoms with Gasteiger partial charge in [0.05, 0.1) is 19.3 Å². The minimum atomic E-state index is 0.408. The Balaban J connectivity index is 2.54. The van der Waals surface area contributed by atoms with Gasteiger partial charge in [-0.15, -0.1) is 0 Å². The Morgan fingerprint density at radius 3 is 2.50 bits per heavy atom. The van der Waals surface area contributed by atoms with Crippen LogP contribution in [0.15, 0.2) is 12.3 Å². The molecule has 0 saturated heterocycles. The van der Waals surface area contributed by atoms with Gasteiger partial charge in [-0.1, -0.05) is 48.7 Å². The molecule has 0 unspecified atom stereocenters. The van der Waals surface area contributed by atoms with E-state index in [9.17, 15) is 0 Å². The Bertz CT molecular complexity index is 647. The summed E-state index contributed by atoms with van der Waals surface area (Å²) in [7, 11) is 0. The van der Waals surface area contributed by atoms with Crippen LogP contribution in [0.1, 0.15) is 19.5 Å². The summed E-state index contributed by atoms with van der Waals surface area (Å²) in [5, 5.41) is 1.29. The lowest BCUT2D eigenvalue weighted by atomic mass is 10.1. The quantitative estimate of drug-likeness (QED) is 0.478. The van der Waals surface area contributed by atoms with Gasteiger partial charge in [0.1, 0.15) is 10.8 Å². The molecule has 0 bridgehead atoms. The molecule has 3 nitrogen and oxygen atoms in total. The van der Waals surface area contributed by atoms with Gasteiger partial charge in [-0.05, 0) is 41.0 Å². The van der Waals surface area contributed by atoms with E-state index < -0.39 is 0 Å². The molecule has 0 aliphatic heterocycles. The third kappa shape index (κ3) is 3.72. The van der Waals surface area contributed by atoms with Crippen LogP contribution < -0.4 is 0 Å². The van der Waals surface area contributed by atoms with Crippen LogP contribution in [-0.2, 0) is 6.42 Å². The fourth-order valence-corrected chi connectivity index (χ4v) is 2.79. The first-order chi connectivity index (χ1) is 9.38. The summed E-state index contributed by atoms with van der Waals surface area (Å²) in [5.41, 5.74) is 1.39. The van der Waals surface area contributed by atoms with Gasteiger partial charge in [0.25, 0.3) is 0 Å². The monoisotopic (exact) mass is 441 g/mol. The van der Waals surface area contributed by atoms with Gasteiger partial charge in [0.2, 0.25) is 0 Å². The maximum Gasteiger partial charge on any atom is 0.181 e.